The Hall–Kier alpha value is -1.25. The maximum absolute atomic E-state index is 13.1. The third-order valence-electron chi connectivity index (χ3n) is 1.95. The van der Waals surface area contributed by atoms with Crippen LogP contribution in [-0.4, -0.2) is 14.2 Å². The zero-order valence-electron chi connectivity index (χ0n) is 8.10. The van der Waals surface area contributed by atoms with E-state index in [4.69, 9.17) is 4.74 Å². The number of methoxy groups -OCH3 is 1. The van der Waals surface area contributed by atoms with Crippen LogP contribution in [-0.2, 0) is 0 Å². The molecule has 0 spiro atoms. The molecule has 0 saturated carbocycles. The molecule has 1 atom stereocenters. The van der Waals surface area contributed by atoms with Gasteiger partial charge >= 0.3 is 0 Å². The van der Waals surface area contributed by atoms with E-state index < -0.39 is 6.17 Å². The predicted octanol–water partition coefficient (Wildman–Crippen LogP) is 2.77. The van der Waals surface area contributed by atoms with Crippen LogP contribution in [0.4, 0.5) is 10.1 Å². The molecule has 2 nitrogen and oxygen atoms in total. The van der Waals surface area contributed by atoms with Crippen molar-refractivity contribution >= 4 is 5.69 Å². The summed E-state index contributed by atoms with van der Waals surface area (Å²) >= 11 is 0. The fraction of sp³-hybridized carbons (Fsp3) is 0.400. The molecule has 0 aliphatic heterocycles. The second-order valence-corrected chi connectivity index (χ2v) is 2.79. The summed E-state index contributed by atoms with van der Waals surface area (Å²) in [6, 6.07) is 5.38. The summed E-state index contributed by atoms with van der Waals surface area (Å²) in [5, 5.41) is 2.95. The van der Waals surface area contributed by atoms with Gasteiger partial charge in [0.1, 0.15) is 11.9 Å². The Morgan fingerprint density at radius 3 is 2.62 bits per heavy atom. The lowest BCUT2D eigenvalue weighted by Crippen LogP contribution is -1.98. The molecule has 0 heterocycles. The van der Waals surface area contributed by atoms with Gasteiger partial charge in [0.25, 0.3) is 0 Å². The zero-order chi connectivity index (χ0) is 9.84. The SMILES string of the molecule is CNc1cccc(C(C)F)c1OC. The molecule has 0 aliphatic rings. The average molecular weight is 183 g/mol. The number of hydrogen-bond acceptors (Lipinski definition) is 2. The summed E-state index contributed by atoms with van der Waals surface area (Å²) in [5.74, 6) is 0.583. The van der Waals surface area contributed by atoms with Crippen molar-refractivity contribution in [3.8, 4) is 5.75 Å². The quantitative estimate of drug-likeness (QED) is 0.778. The minimum Gasteiger partial charge on any atom is -0.494 e. The van der Waals surface area contributed by atoms with Gasteiger partial charge < -0.3 is 10.1 Å². The molecule has 0 bridgehead atoms. The molecule has 0 aromatic heterocycles. The number of alkyl halides is 1. The predicted molar refractivity (Wildman–Crippen MR) is 52.1 cm³/mol. The summed E-state index contributed by atoms with van der Waals surface area (Å²) in [5.41, 5.74) is 1.39. The molecule has 0 aliphatic carbocycles. The number of hydrogen-bond donors (Lipinski definition) is 1. The van der Waals surface area contributed by atoms with Crippen LogP contribution < -0.4 is 10.1 Å². The van der Waals surface area contributed by atoms with Crippen LogP contribution in [0, 0.1) is 0 Å². The van der Waals surface area contributed by atoms with Crippen LogP contribution >= 0.6 is 0 Å². The lowest BCUT2D eigenvalue weighted by Gasteiger charge is -2.13. The largest absolute Gasteiger partial charge is 0.494 e. The smallest absolute Gasteiger partial charge is 0.148 e. The van der Waals surface area contributed by atoms with E-state index in [-0.39, 0.29) is 0 Å². The number of benzene rings is 1. The Kier molecular flexibility index (Phi) is 3.12. The van der Waals surface area contributed by atoms with E-state index >= 15 is 0 Å². The molecule has 1 rings (SSSR count). The van der Waals surface area contributed by atoms with E-state index in [0.29, 0.717) is 11.3 Å². The lowest BCUT2D eigenvalue weighted by molar-refractivity contribution is 0.347. The summed E-state index contributed by atoms with van der Waals surface area (Å²) < 4.78 is 18.2. The van der Waals surface area contributed by atoms with Gasteiger partial charge in [0.15, 0.2) is 0 Å². The zero-order valence-corrected chi connectivity index (χ0v) is 8.10. The van der Waals surface area contributed by atoms with Crippen molar-refractivity contribution in [3.63, 3.8) is 0 Å². The van der Waals surface area contributed by atoms with Crippen LogP contribution in [0.1, 0.15) is 18.7 Å². The molecule has 1 unspecified atom stereocenters. The minimum atomic E-state index is -1.01. The van der Waals surface area contributed by atoms with E-state index in [0.717, 1.165) is 5.69 Å². The first-order valence-electron chi connectivity index (χ1n) is 4.19. The highest BCUT2D eigenvalue weighted by Crippen LogP contribution is 2.33. The summed E-state index contributed by atoms with van der Waals surface area (Å²) in [6.45, 7) is 1.50. The van der Waals surface area contributed by atoms with Crippen molar-refractivity contribution in [2.24, 2.45) is 0 Å². The maximum atomic E-state index is 13.1. The van der Waals surface area contributed by atoms with Crippen molar-refractivity contribution in [2.45, 2.75) is 13.1 Å². The molecular formula is C10H14FNO. The van der Waals surface area contributed by atoms with Gasteiger partial charge in [-0.2, -0.15) is 0 Å². The third-order valence-corrected chi connectivity index (χ3v) is 1.95. The molecular weight excluding hydrogens is 169 g/mol. The van der Waals surface area contributed by atoms with Crippen molar-refractivity contribution in [1.82, 2.24) is 0 Å². The van der Waals surface area contributed by atoms with Crippen molar-refractivity contribution in [3.05, 3.63) is 23.8 Å². The molecule has 72 valence electrons. The fourth-order valence-electron chi connectivity index (χ4n) is 1.29. The van der Waals surface area contributed by atoms with Gasteiger partial charge in [0.2, 0.25) is 0 Å². The highest BCUT2D eigenvalue weighted by Gasteiger charge is 2.12. The number of nitrogens with one attached hydrogen (secondary N) is 1. The number of para-hydroxylation sites is 1. The standard InChI is InChI=1S/C10H14FNO/c1-7(11)8-5-4-6-9(12-2)10(8)13-3/h4-7,12H,1-3H3. The number of rotatable bonds is 3. The van der Waals surface area contributed by atoms with Crippen molar-refractivity contribution in [2.75, 3.05) is 19.5 Å². The second-order valence-electron chi connectivity index (χ2n) is 2.79. The molecule has 1 aromatic carbocycles. The first-order chi connectivity index (χ1) is 6.20. The Bertz CT molecular complexity index is 286. The average Bonchev–Trinajstić information content (AvgIpc) is 2.16. The normalized spacial score (nSPS) is 12.3. The number of halogens is 1. The molecule has 0 amide bonds. The summed E-state index contributed by atoms with van der Waals surface area (Å²) in [4.78, 5) is 0. The fourth-order valence-corrected chi connectivity index (χ4v) is 1.29. The highest BCUT2D eigenvalue weighted by molar-refractivity contribution is 5.60. The van der Waals surface area contributed by atoms with Crippen LogP contribution in [0.3, 0.4) is 0 Å². The Labute approximate surface area is 77.7 Å². The van der Waals surface area contributed by atoms with Gasteiger partial charge in [-0.05, 0) is 13.0 Å². The first kappa shape index (κ1) is 9.84. The first-order valence-corrected chi connectivity index (χ1v) is 4.19. The number of anilines is 1. The summed E-state index contributed by atoms with van der Waals surface area (Å²) in [6.07, 6.45) is -1.01. The maximum Gasteiger partial charge on any atom is 0.148 e. The Morgan fingerprint density at radius 1 is 1.46 bits per heavy atom. The molecule has 0 saturated heterocycles. The third kappa shape index (κ3) is 1.91. The molecule has 0 fully saturated rings. The van der Waals surface area contributed by atoms with E-state index in [1.165, 1.54) is 6.92 Å². The van der Waals surface area contributed by atoms with Gasteiger partial charge in [0, 0.05) is 12.6 Å². The highest BCUT2D eigenvalue weighted by atomic mass is 19.1. The Morgan fingerprint density at radius 2 is 2.15 bits per heavy atom. The van der Waals surface area contributed by atoms with Crippen LogP contribution in [0.15, 0.2) is 18.2 Å². The topological polar surface area (TPSA) is 21.3 Å². The van der Waals surface area contributed by atoms with Crippen LogP contribution in [0.25, 0.3) is 0 Å². The van der Waals surface area contributed by atoms with Crippen molar-refractivity contribution < 1.29 is 9.13 Å². The minimum absolute atomic E-state index is 0.578. The van der Waals surface area contributed by atoms with Gasteiger partial charge in [-0.25, -0.2) is 4.39 Å². The monoisotopic (exact) mass is 183 g/mol. The molecule has 13 heavy (non-hydrogen) atoms. The molecule has 0 radical (unpaired) electrons. The van der Waals surface area contributed by atoms with E-state index in [1.54, 1.807) is 26.3 Å². The summed E-state index contributed by atoms with van der Waals surface area (Å²) in [7, 11) is 3.33. The molecule has 3 heteroatoms. The second kappa shape index (κ2) is 4.12. The van der Waals surface area contributed by atoms with E-state index in [9.17, 15) is 4.39 Å². The van der Waals surface area contributed by atoms with Crippen LogP contribution in [0.2, 0.25) is 0 Å². The van der Waals surface area contributed by atoms with Gasteiger partial charge in [0.05, 0.1) is 12.8 Å². The molecule has 1 aromatic rings. The van der Waals surface area contributed by atoms with Crippen molar-refractivity contribution in [1.29, 1.82) is 0 Å². The Balaban J connectivity index is 3.19. The lowest BCUT2D eigenvalue weighted by atomic mass is 10.1. The van der Waals surface area contributed by atoms with Gasteiger partial charge in [-0.15, -0.1) is 0 Å². The van der Waals surface area contributed by atoms with E-state index in [1.807, 2.05) is 6.07 Å². The van der Waals surface area contributed by atoms with E-state index in [2.05, 4.69) is 5.32 Å². The van der Waals surface area contributed by atoms with Crippen LogP contribution in [0.5, 0.6) is 5.75 Å². The van der Waals surface area contributed by atoms with Gasteiger partial charge in [-0.1, -0.05) is 12.1 Å². The molecule has 1 N–H and O–H groups in total. The number of ether oxygens (including phenoxy) is 1. The van der Waals surface area contributed by atoms with Gasteiger partial charge in [-0.3, -0.25) is 0 Å².